The molecule has 0 aliphatic carbocycles. The fraction of sp³-hybridized carbons (Fsp3) is 0.316. The number of phenols is 6. The van der Waals surface area contributed by atoms with Crippen molar-refractivity contribution in [1.29, 1.82) is 0 Å². The number of phenolic OH excluding ortho intramolecular Hbond substituents is 6. The summed E-state index contributed by atoms with van der Waals surface area (Å²) < 4.78 is 32.4. The normalized spacial score (nSPS) is 12.0. The monoisotopic (exact) mass is 722 g/mol. The molecule has 52 heavy (non-hydrogen) atoms. The molecule has 14 heteroatoms. The number of aromatic hydroxyl groups is 6. The zero-order valence-corrected chi connectivity index (χ0v) is 29.1. The Morgan fingerprint density at radius 2 is 0.885 bits per heavy atom. The van der Waals surface area contributed by atoms with Crippen molar-refractivity contribution in [2.45, 2.75) is 25.7 Å². The van der Waals surface area contributed by atoms with E-state index in [1.54, 1.807) is 12.1 Å². The highest BCUT2D eigenvalue weighted by molar-refractivity contribution is 5.91. The van der Waals surface area contributed by atoms with Crippen LogP contribution in [0.4, 0.5) is 0 Å². The number of hydrogen-bond donors (Lipinski definition) is 6. The van der Waals surface area contributed by atoms with Gasteiger partial charge in [0.25, 0.3) is 0 Å². The number of hydrogen-bond acceptors (Lipinski definition) is 14. The Morgan fingerprint density at radius 1 is 0.519 bits per heavy atom. The molecule has 278 valence electrons. The molecular weight excluding hydrogens is 680 g/mol. The summed E-state index contributed by atoms with van der Waals surface area (Å²) in [6, 6.07) is 14.4. The number of esters is 2. The molecular formula is C38H42O14. The maximum Gasteiger partial charge on any atom is 0.338 e. The van der Waals surface area contributed by atoms with E-state index in [0.29, 0.717) is 47.0 Å². The van der Waals surface area contributed by atoms with Gasteiger partial charge in [0.15, 0.2) is 34.5 Å². The molecule has 0 spiro atoms. The lowest BCUT2D eigenvalue weighted by Crippen LogP contribution is -2.27. The van der Waals surface area contributed by atoms with E-state index < -0.39 is 58.3 Å². The van der Waals surface area contributed by atoms with Crippen LogP contribution in [0.1, 0.15) is 44.7 Å². The molecule has 0 heterocycles. The molecule has 0 radical (unpaired) electrons. The van der Waals surface area contributed by atoms with Crippen LogP contribution in [0, 0.1) is 11.8 Å². The van der Waals surface area contributed by atoms with Crippen molar-refractivity contribution in [3.8, 4) is 57.5 Å². The van der Waals surface area contributed by atoms with Gasteiger partial charge in [0.1, 0.15) is 23.0 Å². The molecule has 4 aromatic carbocycles. The van der Waals surface area contributed by atoms with Crippen molar-refractivity contribution in [2.24, 2.45) is 11.8 Å². The molecule has 0 aliphatic heterocycles. The molecule has 6 N–H and O–H groups in total. The second-order valence-corrected chi connectivity index (χ2v) is 12.0. The number of carbonyl (C=O) groups is 2. The lowest BCUT2D eigenvalue weighted by molar-refractivity contribution is 0.0361. The average molecular weight is 723 g/mol. The van der Waals surface area contributed by atoms with Gasteiger partial charge >= 0.3 is 11.9 Å². The minimum atomic E-state index is -0.695. The summed E-state index contributed by atoms with van der Waals surface area (Å²) in [5.41, 5.74) is 1.20. The minimum absolute atomic E-state index is 0.0160. The highest BCUT2D eigenvalue weighted by Gasteiger charge is 2.27. The van der Waals surface area contributed by atoms with Crippen molar-refractivity contribution >= 4 is 11.9 Å². The fourth-order valence-corrected chi connectivity index (χ4v) is 5.74. The zero-order valence-electron chi connectivity index (χ0n) is 29.1. The quantitative estimate of drug-likeness (QED) is 0.0454. The van der Waals surface area contributed by atoms with Crippen LogP contribution >= 0.6 is 0 Å². The molecule has 0 saturated heterocycles. The van der Waals surface area contributed by atoms with Crippen LogP contribution in [0.5, 0.6) is 57.5 Å². The van der Waals surface area contributed by atoms with E-state index in [9.17, 15) is 40.2 Å². The smallest absolute Gasteiger partial charge is 0.338 e. The second kappa shape index (κ2) is 17.7. The molecule has 0 amide bonds. The predicted octanol–water partition coefficient (Wildman–Crippen LogP) is 5.47. The molecule has 0 bridgehead atoms. The summed E-state index contributed by atoms with van der Waals surface area (Å²) in [6.07, 6.45) is 0.952. The van der Waals surface area contributed by atoms with Gasteiger partial charge in [-0.3, -0.25) is 0 Å². The van der Waals surface area contributed by atoms with Crippen LogP contribution in [0.3, 0.4) is 0 Å². The summed E-state index contributed by atoms with van der Waals surface area (Å²) in [5.74, 6) is -4.33. The van der Waals surface area contributed by atoms with Crippen LogP contribution < -0.4 is 18.9 Å². The Labute approximate surface area is 299 Å². The summed E-state index contributed by atoms with van der Waals surface area (Å²) >= 11 is 0. The summed E-state index contributed by atoms with van der Waals surface area (Å²) in [5, 5.41) is 60.9. The van der Waals surface area contributed by atoms with E-state index in [1.807, 2.05) is 0 Å². The van der Waals surface area contributed by atoms with E-state index >= 15 is 0 Å². The maximum atomic E-state index is 13.3. The van der Waals surface area contributed by atoms with E-state index in [0.717, 1.165) is 0 Å². The fourth-order valence-electron chi connectivity index (χ4n) is 5.74. The van der Waals surface area contributed by atoms with Crippen molar-refractivity contribution < 1.29 is 68.6 Å². The van der Waals surface area contributed by atoms with Gasteiger partial charge in [-0.15, -0.1) is 0 Å². The Bertz CT molecular complexity index is 1780. The number of ether oxygens (including phenoxy) is 6. The predicted molar refractivity (Wildman–Crippen MR) is 186 cm³/mol. The molecule has 14 nitrogen and oxygen atoms in total. The van der Waals surface area contributed by atoms with E-state index in [2.05, 4.69) is 0 Å². The lowest BCUT2D eigenvalue weighted by atomic mass is 9.80. The van der Waals surface area contributed by atoms with Crippen LogP contribution in [0.25, 0.3) is 0 Å². The maximum absolute atomic E-state index is 13.3. The van der Waals surface area contributed by atoms with Crippen molar-refractivity contribution in [3.05, 3.63) is 82.9 Å². The van der Waals surface area contributed by atoms with Gasteiger partial charge in [0, 0.05) is 18.1 Å². The lowest BCUT2D eigenvalue weighted by Gasteiger charge is -2.28. The van der Waals surface area contributed by atoms with E-state index in [4.69, 9.17) is 28.4 Å². The van der Waals surface area contributed by atoms with Crippen molar-refractivity contribution in [2.75, 3.05) is 41.7 Å². The summed E-state index contributed by atoms with van der Waals surface area (Å²) in [7, 11) is 5.80. The zero-order chi connectivity index (χ0) is 37.9. The first-order valence-electron chi connectivity index (χ1n) is 16.1. The van der Waals surface area contributed by atoms with E-state index in [-0.39, 0.29) is 37.2 Å². The summed E-state index contributed by atoms with van der Waals surface area (Å²) in [6.45, 7) is -0.206. The first-order valence-corrected chi connectivity index (χ1v) is 16.1. The third kappa shape index (κ3) is 9.96. The third-order valence-corrected chi connectivity index (χ3v) is 8.48. The van der Waals surface area contributed by atoms with Gasteiger partial charge in [-0.2, -0.15) is 0 Å². The number of benzene rings is 4. The van der Waals surface area contributed by atoms with Gasteiger partial charge in [-0.05, 0) is 91.3 Å². The Hall–Kier alpha value is -6.18. The summed E-state index contributed by atoms with van der Waals surface area (Å²) in [4.78, 5) is 26.3. The number of rotatable bonds is 17. The van der Waals surface area contributed by atoms with Crippen LogP contribution in [0.2, 0.25) is 0 Å². The Morgan fingerprint density at radius 3 is 1.27 bits per heavy atom. The molecule has 0 aliphatic rings. The first kappa shape index (κ1) is 38.6. The highest BCUT2D eigenvalue weighted by Crippen LogP contribution is 2.39. The number of methoxy groups -OCH3 is 4. The molecule has 0 aromatic heterocycles. The number of carbonyl (C=O) groups excluding carboxylic acids is 2. The van der Waals surface area contributed by atoms with Gasteiger partial charge in [-0.1, -0.05) is 0 Å². The second-order valence-electron chi connectivity index (χ2n) is 12.0. The van der Waals surface area contributed by atoms with E-state index in [1.165, 1.54) is 77.0 Å². The molecule has 0 saturated carbocycles. The SMILES string of the molecule is COc1cc(OC)cc(C(=O)OCCC[C@@H](Cc2cc(O)c(O)c(O)c2)[C@@H](COC(=O)c2cc(OC)cc(OC)c2)Cc2cc(O)c(O)c(O)c2)c1. The first-order chi connectivity index (χ1) is 24.8. The van der Waals surface area contributed by atoms with Crippen LogP contribution in [0.15, 0.2) is 60.7 Å². The van der Waals surface area contributed by atoms with Gasteiger partial charge in [0.05, 0.1) is 52.8 Å². The Balaban J connectivity index is 1.62. The standard InChI is InChI=1S/C38H42O14/c1-47-27-14-24(15-28(18-27)48-2)37(45)51-7-5-6-23(8-21-10-31(39)35(43)32(40)11-21)26(9-22-12-33(41)36(44)34(42)13-22)20-52-38(46)25-16-29(49-3)19-30(17-25)50-4/h10-19,23,26,39-44H,5-9,20H2,1-4H3/t23-,26+/m0/s1. The largest absolute Gasteiger partial charge is 0.504 e. The topological polar surface area (TPSA) is 211 Å². The molecule has 0 unspecified atom stereocenters. The van der Waals surface area contributed by atoms with Gasteiger partial charge < -0.3 is 59.1 Å². The molecule has 4 aromatic rings. The minimum Gasteiger partial charge on any atom is -0.504 e. The van der Waals surface area contributed by atoms with Crippen molar-refractivity contribution in [1.82, 2.24) is 0 Å². The molecule has 0 fully saturated rings. The van der Waals surface area contributed by atoms with Crippen LogP contribution in [-0.4, -0.2) is 84.2 Å². The Kier molecular flexibility index (Phi) is 13.1. The van der Waals surface area contributed by atoms with Gasteiger partial charge in [0.2, 0.25) is 0 Å². The van der Waals surface area contributed by atoms with Crippen LogP contribution in [-0.2, 0) is 22.3 Å². The van der Waals surface area contributed by atoms with Gasteiger partial charge in [-0.25, -0.2) is 9.59 Å². The molecule has 4 rings (SSSR count). The molecule has 2 atom stereocenters. The van der Waals surface area contributed by atoms with Crippen molar-refractivity contribution in [3.63, 3.8) is 0 Å². The highest BCUT2D eigenvalue weighted by atomic mass is 16.5. The average Bonchev–Trinajstić information content (AvgIpc) is 3.14. The third-order valence-electron chi connectivity index (χ3n) is 8.48.